The molecule has 0 amide bonds. The molecule has 0 saturated carbocycles. The summed E-state index contributed by atoms with van der Waals surface area (Å²) in [5, 5.41) is 14.6. The van der Waals surface area contributed by atoms with E-state index in [1.165, 1.54) is 23.0 Å². The van der Waals surface area contributed by atoms with Gasteiger partial charge in [-0.25, -0.2) is 13.4 Å². The molecule has 2 saturated heterocycles. The highest BCUT2D eigenvalue weighted by atomic mass is 35.5. The quantitative estimate of drug-likeness (QED) is 0.819. The topological polar surface area (TPSA) is 73.6 Å². The molecule has 0 aliphatic carbocycles. The highest BCUT2D eigenvalue weighted by Crippen LogP contribution is 2.37. The van der Waals surface area contributed by atoms with Crippen LogP contribution in [0.25, 0.3) is 0 Å². The third-order valence-electron chi connectivity index (χ3n) is 3.37. The van der Waals surface area contributed by atoms with Gasteiger partial charge in [-0.15, -0.1) is 0 Å². The molecule has 0 bridgehead atoms. The van der Waals surface area contributed by atoms with Crippen LogP contribution in [0, 0.1) is 5.41 Å². The summed E-state index contributed by atoms with van der Waals surface area (Å²) in [7, 11) is -3.05. The molecule has 1 aromatic rings. The first-order chi connectivity index (χ1) is 9.87. The number of nitrogens with one attached hydrogen (secondary N) is 1. The highest BCUT2D eigenvalue weighted by Gasteiger charge is 2.48. The van der Waals surface area contributed by atoms with Crippen LogP contribution in [0.1, 0.15) is 5.56 Å². The maximum absolute atomic E-state index is 11.7. The molecular formula is C12H11Cl2N3O2S2. The van der Waals surface area contributed by atoms with Gasteiger partial charge in [-0.05, 0) is 12.1 Å². The largest absolute Gasteiger partial charge is 0.277 e. The van der Waals surface area contributed by atoms with Gasteiger partial charge >= 0.3 is 0 Å². The first-order valence-electron chi connectivity index (χ1n) is 6.10. The lowest BCUT2D eigenvalue weighted by Gasteiger charge is -2.17. The number of fused-ring (bicyclic) bond motifs is 1. The Morgan fingerprint density at radius 2 is 2.00 bits per heavy atom. The summed E-state index contributed by atoms with van der Waals surface area (Å²) in [6, 6.07) is 4.84. The Kier molecular flexibility index (Phi) is 3.94. The number of halogens is 2. The van der Waals surface area contributed by atoms with E-state index in [0.29, 0.717) is 15.6 Å². The molecule has 3 rings (SSSR count). The fraction of sp³-hybridized carbons (Fsp3) is 0.333. The van der Waals surface area contributed by atoms with Crippen molar-refractivity contribution in [2.24, 2.45) is 5.10 Å². The molecule has 1 aromatic carbocycles. The molecule has 112 valence electrons. The Balaban J connectivity index is 1.87. The van der Waals surface area contributed by atoms with Gasteiger partial charge in [-0.3, -0.25) is 5.41 Å². The van der Waals surface area contributed by atoms with E-state index in [9.17, 15) is 8.42 Å². The van der Waals surface area contributed by atoms with E-state index in [1.807, 2.05) is 0 Å². The van der Waals surface area contributed by atoms with Crippen LogP contribution in [0.5, 0.6) is 0 Å². The number of sulfone groups is 1. The lowest BCUT2D eigenvalue weighted by molar-refractivity contribution is 0.376. The summed E-state index contributed by atoms with van der Waals surface area (Å²) in [5.41, 5.74) is 0.558. The molecule has 5 nitrogen and oxygen atoms in total. The minimum atomic E-state index is -3.05. The number of hydrogen-bond donors (Lipinski definition) is 1. The molecule has 2 atom stereocenters. The van der Waals surface area contributed by atoms with Gasteiger partial charge < -0.3 is 0 Å². The molecule has 21 heavy (non-hydrogen) atoms. The number of thioether (sulfide) groups is 1. The first-order valence-corrected chi connectivity index (χ1v) is 9.56. The van der Waals surface area contributed by atoms with Crippen molar-refractivity contribution in [3.05, 3.63) is 33.8 Å². The van der Waals surface area contributed by atoms with Gasteiger partial charge in [0.05, 0.1) is 33.8 Å². The molecule has 2 fully saturated rings. The monoisotopic (exact) mass is 363 g/mol. The van der Waals surface area contributed by atoms with Crippen LogP contribution in [-0.2, 0) is 9.84 Å². The average molecular weight is 364 g/mol. The molecule has 0 aromatic heterocycles. The van der Waals surface area contributed by atoms with Gasteiger partial charge in [0.1, 0.15) is 0 Å². The standard InChI is InChI=1S/C12H11Cl2N3O2S2/c13-8-2-1-3-9(14)7(8)4-16-17-10-5-21(18,19)6-11(10)20-12(17)15/h1-4,10-11,15H,5-6H2/b15-12?,16-4-/t10-,11+/m0/s1. The second kappa shape index (κ2) is 5.46. The van der Waals surface area contributed by atoms with Crippen molar-refractivity contribution in [1.29, 1.82) is 5.41 Å². The number of amidine groups is 1. The van der Waals surface area contributed by atoms with Crippen LogP contribution in [0.3, 0.4) is 0 Å². The number of hydrogen-bond acceptors (Lipinski definition) is 5. The van der Waals surface area contributed by atoms with Crippen molar-refractivity contribution in [2.45, 2.75) is 11.3 Å². The Morgan fingerprint density at radius 3 is 2.67 bits per heavy atom. The lowest BCUT2D eigenvalue weighted by atomic mass is 10.2. The van der Waals surface area contributed by atoms with Gasteiger partial charge in [-0.2, -0.15) is 5.10 Å². The third-order valence-corrected chi connectivity index (χ3v) is 7.15. The molecule has 9 heteroatoms. The predicted octanol–water partition coefficient (Wildman–Crippen LogP) is 2.48. The van der Waals surface area contributed by atoms with Crippen LogP contribution in [-0.4, -0.2) is 47.6 Å². The zero-order valence-electron chi connectivity index (χ0n) is 10.7. The molecule has 0 spiro atoms. The minimum absolute atomic E-state index is 0.0284. The van der Waals surface area contributed by atoms with Gasteiger partial charge in [0, 0.05) is 10.8 Å². The number of nitrogens with zero attached hydrogens (tertiary/aromatic N) is 2. The molecule has 2 heterocycles. The molecule has 2 aliphatic heterocycles. The Morgan fingerprint density at radius 1 is 1.33 bits per heavy atom. The Hall–Kier alpha value is -0.760. The minimum Gasteiger partial charge on any atom is -0.277 e. The van der Waals surface area contributed by atoms with E-state index in [-0.39, 0.29) is 28.0 Å². The van der Waals surface area contributed by atoms with Crippen LogP contribution < -0.4 is 0 Å². The Bertz CT molecular complexity index is 716. The van der Waals surface area contributed by atoms with E-state index in [0.717, 1.165) is 0 Å². The molecular weight excluding hydrogens is 353 g/mol. The smallest absolute Gasteiger partial charge is 0.177 e. The summed E-state index contributed by atoms with van der Waals surface area (Å²) in [5.74, 6) is 0.129. The van der Waals surface area contributed by atoms with E-state index in [4.69, 9.17) is 28.6 Å². The lowest BCUT2D eigenvalue weighted by Crippen LogP contribution is -2.32. The normalized spacial score (nSPS) is 27.5. The summed E-state index contributed by atoms with van der Waals surface area (Å²) in [4.78, 5) is 0. The fourth-order valence-corrected chi connectivity index (χ4v) is 6.59. The molecule has 1 N–H and O–H groups in total. The third kappa shape index (κ3) is 2.92. The van der Waals surface area contributed by atoms with E-state index in [2.05, 4.69) is 5.10 Å². The molecule has 0 radical (unpaired) electrons. The van der Waals surface area contributed by atoms with E-state index >= 15 is 0 Å². The van der Waals surface area contributed by atoms with E-state index in [1.54, 1.807) is 18.2 Å². The molecule has 2 aliphatic rings. The van der Waals surface area contributed by atoms with Crippen molar-refractivity contribution in [1.82, 2.24) is 5.01 Å². The zero-order valence-corrected chi connectivity index (χ0v) is 13.8. The van der Waals surface area contributed by atoms with Crippen molar-refractivity contribution in [2.75, 3.05) is 11.5 Å². The molecule has 0 unspecified atom stereocenters. The van der Waals surface area contributed by atoms with Crippen molar-refractivity contribution >= 4 is 56.2 Å². The van der Waals surface area contributed by atoms with Crippen LogP contribution in [0.2, 0.25) is 10.0 Å². The summed E-state index contributed by atoms with van der Waals surface area (Å²) in [6.45, 7) is 0. The second-order valence-corrected chi connectivity index (χ2v) is 9.03. The van der Waals surface area contributed by atoms with Crippen molar-refractivity contribution in [3.63, 3.8) is 0 Å². The summed E-state index contributed by atoms with van der Waals surface area (Å²) >= 11 is 13.4. The summed E-state index contributed by atoms with van der Waals surface area (Å²) in [6.07, 6.45) is 1.48. The number of rotatable bonds is 2. The zero-order chi connectivity index (χ0) is 15.2. The average Bonchev–Trinajstić information content (AvgIpc) is 2.81. The van der Waals surface area contributed by atoms with Crippen LogP contribution in [0.4, 0.5) is 0 Å². The van der Waals surface area contributed by atoms with Gasteiger partial charge in [-0.1, -0.05) is 41.0 Å². The van der Waals surface area contributed by atoms with Crippen molar-refractivity contribution < 1.29 is 8.42 Å². The van der Waals surface area contributed by atoms with E-state index < -0.39 is 9.84 Å². The maximum Gasteiger partial charge on any atom is 0.177 e. The van der Waals surface area contributed by atoms with Gasteiger partial charge in [0.25, 0.3) is 0 Å². The maximum atomic E-state index is 11.7. The first kappa shape index (κ1) is 15.1. The van der Waals surface area contributed by atoms with Crippen LogP contribution >= 0.6 is 35.0 Å². The summed E-state index contributed by atoms with van der Waals surface area (Å²) < 4.78 is 23.3. The van der Waals surface area contributed by atoms with Gasteiger partial charge in [0.2, 0.25) is 0 Å². The highest BCUT2D eigenvalue weighted by molar-refractivity contribution is 8.15. The number of hydrazone groups is 1. The SMILES string of the molecule is N=C1S[C@@H]2CS(=O)(=O)C[C@@H]2N1/N=C\c1c(Cl)cccc1Cl. The van der Waals surface area contributed by atoms with Gasteiger partial charge in [0.15, 0.2) is 15.0 Å². The fourth-order valence-electron chi connectivity index (χ4n) is 2.38. The second-order valence-electron chi connectivity index (χ2n) is 4.83. The number of benzene rings is 1. The van der Waals surface area contributed by atoms with Crippen molar-refractivity contribution in [3.8, 4) is 0 Å². The van der Waals surface area contributed by atoms with Crippen LogP contribution in [0.15, 0.2) is 23.3 Å². The Labute approximate surface area is 136 Å². The predicted molar refractivity (Wildman–Crippen MR) is 87.4 cm³/mol.